The van der Waals surface area contributed by atoms with Crippen molar-refractivity contribution in [3.8, 4) is 0 Å². The van der Waals surface area contributed by atoms with Crippen LogP contribution < -0.4 is 0 Å². The van der Waals surface area contributed by atoms with Crippen LogP contribution in [-0.2, 0) is 14.3 Å². The summed E-state index contributed by atoms with van der Waals surface area (Å²) < 4.78 is 5.56. The molecule has 1 fully saturated rings. The zero-order valence-corrected chi connectivity index (χ0v) is 17.3. The molecule has 0 saturated carbocycles. The molecule has 0 spiro atoms. The number of rotatable bonds is 9. The number of carbonyl (C=O) groups is 2. The predicted molar refractivity (Wildman–Crippen MR) is 111 cm³/mol. The lowest BCUT2D eigenvalue weighted by molar-refractivity contribution is -0.137. The topological polar surface area (TPSA) is 73.3 Å². The summed E-state index contributed by atoms with van der Waals surface area (Å²) in [7, 11) is 0. The van der Waals surface area contributed by atoms with E-state index < -0.39 is 0 Å². The van der Waals surface area contributed by atoms with Crippen LogP contribution in [0.1, 0.15) is 25.8 Å². The van der Waals surface area contributed by atoms with E-state index in [4.69, 9.17) is 9.84 Å². The SMILES string of the molecule is CC(C)OCCCN1C(=O)C(c2ccccc2)=C(N2CCN(CCO)CC2)C1=O. The lowest BCUT2D eigenvalue weighted by Crippen LogP contribution is -2.48. The number of ether oxygens (including phenoxy) is 1. The quantitative estimate of drug-likeness (QED) is 0.495. The third-order valence-electron chi connectivity index (χ3n) is 5.29. The fourth-order valence-electron chi connectivity index (χ4n) is 3.80. The number of aliphatic hydroxyl groups excluding tert-OH is 1. The third-order valence-corrected chi connectivity index (χ3v) is 5.29. The van der Waals surface area contributed by atoms with Crippen molar-refractivity contribution in [2.24, 2.45) is 0 Å². The summed E-state index contributed by atoms with van der Waals surface area (Å²) in [6.07, 6.45) is 0.749. The Hall–Kier alpha value is -2.22. The van der Waals surface area contributed by atoms with E-state index in [9.17, 15) is 9.59 Å². The smallest absolute Gasteiger partial charge is 0.277 e. The molecule has 7 heteroatoms. The first-order valence-electron chi connectivity index (χ1n) is 10.4. The van der Waals surface area contributed by atoms with E-state index >= 15 is 0 Å². The van der Waals surface area contributed by atoms with Crippen molar-refractivity contribution < 1.29 is 19.4 Å². The molecule has 0 aromatic heterocycles. The maximum atomic E-state index is 13.2. The summed E-state index contributed by atoms with van der Waals surface area (Å²) in [6.45, 7) is 8.41. The number of hydrogen-bond donors (Lipinski definition) is 1. The van der Waals surface area contributed by atoms with Crippen LogP contribution in [0.5, 0.6) is 0 Å². The summed E-state index contributed by atoms with van der Waals surface area (Å²) in [5, 5.41) is 9.15. The monoisotopic (exact) mass is 401 g/mol. The molecule has 29 heavy (non-hydrogen) atoms. The molecule has 0 radical (unpaired) electrons. The van der Waals surface area contributed by atoms with E-state index in [-0.39, 0.29) is 24.5 Å². The number of aliphatic hydroxyl groups is 1. The molecule has 2 aliphatic heterocycles. The van der Waals surface area contributed by atoms with Gasteiger partial charge in [0.25, 0.3) is 11.8 Å². The van der Waals surface area contributed by atoms with Crippen molar-refractivity contribution in [2.45, 2.75) is 26.4 Å². The molecule has 1 N–H and O–H groups in total. The molecule has 1 saturated heterocycles. The highest BCUT2D eigenvalue weighted by atomic mass is 16.5. The van der Waals surface area contributed by atoms with E-state index in [2.05, 4.69) is 4.90 Å². The molecule has 1 aromatic carbocycles. The van der Waals surface area contributed by atoms with E-state index in [1.54, 1.807) is 0 Å². The van der Waals surface area contributed by atoms with Crippen LogP contribution in [-0.4, -0.2) is 90.2 Å². The minimum absolute atomic E-state index is 0.127. The van der Waals surface area contributed by atoms with Crippen LogP contribution in [0.25, 0.3) is 5.57 Å². The zero-order valence-electron chi connectivity index (χ0n) is 17.3. The summed E-state index contributed by atoms with van der Waals surface area (Å²) in [6, 6.07) is 9.44. The van der Waals surface area contributed by atoms with Gasteiger partial charge in [-0.15, -0.1) is 0 Å². The molecule has 0 unspecified atom stereocenters. The Bertz CT molecular complexity index is 740. The Morgan fingerprint density at radius 1 is 1.00 bits per heavy atom. The fraction of sp³-hybridized carbons (Fsp3) is 0.545. The van der Waals surface area contributed by atoms with Gasteiger partial charge in [-0.05, 0) is 25.8 Å². The molecule has 2 amide bonds. The van der Waals surface area contributed by atoms with E-state index in [0.29, 0.717) is 50.5 Å². The van der Waals surface area contributed by atoms with E-state index in [1.165, 1.54) is 4.90 Å². The van der Waals surface area contributed by atoms with Gasteiger partial charge in [0.1, 0.15) is 5.70 Å². The summed E-state index contributed by atoms with van der Waals surface area (Å²) >= 11 is 0. The third kappa shape index (κ3) is 5.04. The minimum atomic E-state index is -0.224. The van der Waals surface area contributed by atoms with Crippen molar-refractivity contribution >= 4 is 17.4 Å². The fourth-order valence-corrected chi connectivity index (χ4v) is 3.80. The highest BCUT2D eigenvalue weighted by Gasteiger charge is 2.41. The van der Waals surface area contributed by atoms with Gasteiger partial charge in [0.05, 0.1) is 18.3 Å². The lowest BCUT2D eigenvalue weighted by atomic mass is 10.0. The lowest BCUT2D eigenvalue weighted by Gasteiger charge is -2.36. The molecule has 0 aliphatic carbocycles. The zero-order chi connectivity index (χ0) is 20.8. The predicted octanol–water partition coefficient (Wildman–Crippen LogP) is 1.19. The molecule has 3 rings (SSSR count). The van der Waals surface area contributed by atoms with E-state index in [1.807, 2.05) is 49.1 Å². The van der Waals surface area contributed by atoms with Crippen LogP contribution in [0, 0.1) is 0 Å². The molecule has 2 aliphatic rings. The number of imide groups is 1. The number of hydrogen-bond acceptors (Lipinski definition) is 6. The molecule has 2 heterocycles. The highest BCUT2D eigenvalue weighted by molar-refractivity contribution is 6.35. The van der Waals surface area contributed by atoms with Gasteiger partial charge in [0, 0.05) is 45.9 Å². The average Bonchev–Trinajstić information content (AvgIpc) is 2.97. The van der Waals surface area contributed by atoms with Crippen molar-refractivity contribution in [3.63, 3.8) is 0 Å². The molecule has 158 valence electrons. The first-order valence-corrected chi connectivity index (χ1v) is 10.4. The first kappa shape index (κ1) is 21.5. The van der Waals surface area contributed by atoms with Gasteiger partial charge in [-0.25, -0.2) is 0 Å². The Morgan fingerprint density at radius 2 is 1.69 bits per heavy atom. The van der Waals surface area contributed by atoms with Crippen molar-refractivity contribution in [1.82, 2.24) is 14.7 Å². The summed E-state index contributed by atoms with van der Waals surface area (Å²) in [5.74, 6) is -0.437. The normalized spacial score (nSPS) is 18.5. The van der Waals surface area contributed by atoms with Crippen LogP contribution in [0.4, 0.5) is 0 Å². The molecule has 1 aromatic rings. The Kier molecular flexibility index (Phi) is 7.41. The van der Waals surface area contributed by atoms with Gasteiger partial charge >= 0.3 is 0 Å². The van der Waals surface area contributed by atoms with Crippen LogP contribution in [0.3, 0.4) is 0 Å². The van der Waals surface area contributed by atoms with Crippen molar-refractivity contribution in [3.05, 3.63) is 41.6 Å². The average molecular weight is 402 g/mol. The summed E-state index contributed by atoms with van der Waals surface area (Å²) in [4.78, 5) is 32.0. The second-order valence-corrected chi connectivity index (χ2v) is 7.68. The second-order valence-electron chi connectivity index (χ2n) is 7.68. The number of piperazine rings is 1. The van der Waals surface area contributed by atoms with Gasteiger partial charge in [-0.1, -0.05) is 30.3 Å². The van der Waals surface area contributed by atoms with Gasteiger partial charge in [0.2, 0.25) is 0 Å². The second kappa shape index (κ2) is 10.0. The number of carbonyl (C=O) groups excluding carboxylic acids is 2. The van der Waals surface area contributed by atoms with Crippen molar-refractivity contribution in [2.75, 3.05) is 52.5 Å². The van der Waals surface area contributed by atoms with Gasteiger partial charge < -0.3 is 14.7 Å². The molecule has 0 atom stereocenters. The number of β-amino-alcohol motifs (C(OH)–C–C–N with tert-alkyl or cyclic N) is 1. The minimum Gasteiger partial charge on any atom is -0.395 e. The highest BCUT2D eigenvalue weighted by Crippen LogP contribution is 2.32. The van der Waals surface area contributed by atoms with Crippen LogP contribution in [0.15, 0.2) is 36.0 Å². The molecular formula is C22H31N3O4. The standard InChI is InChI=1S/C22H31N3O4/c1-17(2)29-16-6-9-25-21(27)19(18-7-4-3-5-8-18)20(22(25)28)24-12-10-23(11-13-24)14-15-26/h3-5,7-8,17,26H,6,9-16H2,1-2H3. The first-order chi connectivity index (χ1) is 14.0. The maximum absolute atomic E-state index is 13.2. The molecule has 7 nitrogen and oxygen atoms in total. The van der Waals surface area contributed by atoms with Crippen molar-refractivity contribution in [1.29, 1.82) is 0 Å². The Morgan fingerprint density at radius 3 is 2.31 bits per heavy atom. The summed E-state index contributed by atoms with van der Waals surface area (Å²) in [5.41, 5.74) is 1.78. The maximum Gasteiger partial charge on any atom is 0.277 e. The van der Waals surface area contributed by atoms with E-state index in [0.717, 1.165) is 18.7 Å². The number of nitrogens with zero attached hydrogens (tertiary/aromatic N) is 3. The number of benzene rings is 1. The van der Waals surface area contributed by atoms with Gasteiger partial charge in [-0.3, -0.25) is 19.4 Å². The Balaban J connectivity index is 1.80. The van der Waals surface area contributed by atoms with Crippen LogP contribution >= 0.6 is 0 Å². The largest absolute Gasteiger partial charge is 0.395 e. The van der Waals surface area contributed by atoms with Gasteiger partial charge in [-0.2, -0.15) is 0 Å². The number of amides is 2. The van der Waals surface area contributed by atoms with Gasteiger partial charge in [0.15, 0.2) is 0 Å². The Labute approximate surface area is 172 Å². The molecule has 0 bridgehead atoms. The molecular weight excluding hydrogens is 370 g/mol. The van der Waals surface area contributed by atoms with Crippen LogP contribution in [0.2, 0.25) is 0 Å².